The number of benzene rings is 1. The first-order valence-electron chi connectivity index (χ1n) is 6.40. The van der Waals surface area contributed by atoms with Crippen molar-refractivity contribution in [2.24, 2.45) is 0 Å². The van der Waals surface area contributed by atoms with E-state index in [2.05, 4.69) is 52.0 Å². The number of ether oxygens (including phenoxy) is 1. The van der Waals surface area contributed by atoms with E-state index in [-0.39, 0.29) is 0 Å². The summed E-state index contributed by atoms with van der Waals surface area (Å²) in [5.74, 6) is 1.80. The van der Waals surface area contributed by atoms with Gasteiger partial charge >= 0.3 is 0 Å². The molecule has 102 valence electrons. The lowest BCUT2D eigenvalue weighted by molar-refractivity contribution is 0.282. The van der Waals surface area contributed by atoms with Crippen molar-refractivity contribution in [2.75, 3.05) is 0 Å². The number of nitrogens with zero attached hydrogens (tertiary/aromatic N) is 3. The van der Waals surface area contributed by atoms with Crippen LogP contribution in [0.15, 0.2) is 24.5 Å². The summed E-state index contributed by atoms with van der Waals surface area (Å²) in [6, 6.07) is 6.16. The Labute approximate surface area is 121 Å². The quantitative estimate of drug-likeness (QED) is 0.764. The van der Waals surface area contributed by atoms with Gasteiger partial charge in [0.25, 0.3) is 0 Å². The second-order valence-electron chi connectivity index (χ2n) is 4.38. The highest BCUT2D eigenvalue weighted by Gasteiger charge is 2.09. The van der Waals surface area contributed by atoms with Gasteiger partial charge in [0, 0.05) is 17.4 Å². The van der Waals surface area contributed by atoms with Gasteiger partial charge in [-0.2, -0.15) is 5.10 Å². The van der Waals surface area contributed by atoms with Crippen molar-refractivity contribution in [1.29, 1.82) is 0 Å². The van der Waals surface area contributed by atoms with Crippen LogP contribution in [0.2, 0.25) is 0 Å². The molecule has 19 heavy (non-hydrogen) atoms. The standard InChI is InChI=1S/C14H18BrN3O/c1-3-7-18-13(16-10-17-18)9-19-14-11(2)5-4-6-12(14)8-15/h4-6,10H,3,7-9H2,1-2H3. The van der Waals surface area contributed by atoms with Crippen molar-refractivity contribution in [3.05, 3.63) is 41.5 Å². The first-order valence-corrected chi connectivity index (χ1v) is 7.52. The predicted octanol–water partition coefficient (Wildman–Crippen LogP) is 3.47. The highest BCUT2D eigenvalue weighted by Crippen LogP contribution is 2.26. The zero-order valence-electron chi connectivity index (χ0n) is 11.3. The minimum Gasteiger partial charge on any atom is -0.485 e. The molecule has 0 bridgehead atoms. The minimum atomic E-state index is 0.449. The van der Waals surface area contributed by atoms with Crippen LogP contribution in [0.3, 0.4) is 0 Å². The van der Waals surface area contributed by atoms with Crippen molar-refractivity contribution >= 4 is 15.9 Å². The molecule has 0 amide bonds. The van der Waals surface area contributed by atoms with E-state index in [0.29, 0.717) is 6.61 Å². The Morgan fingerprint density at radius 3 is 2.95 bits per heavy atom. The molecule has 1 aromatic heterocycles. The van der Waals surface area contributed by atoms with Crippen LogP contribution in [0.4, 0.5) is 0 Å². The molecule has 0 saturated carbocycles. The minimum absolute atomic E-state index is 0.449. The van der Waals surface area contributed by atoms with Crippen LogP contribution in [-0.2, 0) is 18.5 Å². The molecule has 0 saturated heterocycles. The van der Waals surface area contributed by atoms with Gasteiger partial charge in [-0.05, 0) is 18.9 Å². The molecule has 0 fully saturated rings. The lowest BCUT2D eigenvalue weighted by Gasteiger charge is -2.13. The van der Waals surface area contributed by atoms with E-state index >= 15 is 0 Å². The maximum absolute atomic E-state index is 5.94. The molecule has 1 aromatic carbocycles. The van der Waals surface area contributed by atoms with E-state index in [1.807, 2.05) is 10.7 Å². The second-order valence-corrected chi connectivity index (χ2v) is 4.95. The fraction of sp³-hybridized carbons (Fsp3) is 0.429. The molecule has 0 spiro atoms. The van der Waals surface area contributed by atoms with Gasteiger partial charge in [-0.1, -0.05) is 41.1 Å². The molecular formula is C14H18BrN3O. The molecule has 2 aromatic rings. The predicted molar refractivity (Wildman–Crippen MR) is 78.5 cm³/mol. The monoisotopic (exact) mass is 323 g/mol. The van der Waals surface area contributed by atoms with E-state index in [1.54, 1.807) is 6.33 Å². The molecule has 0 aliphatic rings. The molecule has 0 atom stereocenters. The SMILES string of the molecule is CCCn1ncnc1COc1c(C)cccc1CBr. The smallest absolute Gasteiger partial charge is 0.164 e. The number of rotatable bonds is 6. The van der Waals surface area contributed by atoms with Crippen LogP contribution in [-0.4, -0.2) is 14.8 Å². The Hall–Kier alpha value is -1.36. The molecule has 0 radical (unpaired) electrons. The fourth-order valence-corrected chi connectivity index (χ4v) is 2.40. The summed E-state index contributed by atoms with van der Waals surface area (Å²) < 4.78 is 7.83. The summed E-state index contributed by atoms with van der Waals surface area (Å²) in [7, 11) is 0. The molecule has 2 rings (SSSR count). The van der Waals surface area contributed by atoms with Gasteiger partial charge in [0.1, 0.15) is 18.7 Å². The maximum Gasteiger partial charge on any atom is 0.164 e. The fourth-order valence-electron chi connectivity index (χ4n) is 1.96. The zero-order valence-corrected chi connectivity index (χ0v) is 12.9. The Morgan fingerprint density at radius 2 is 2.21 bits per heavy atom. The van der Waals surface area contributed by atoms with Gasteiger partial charge in [0.15, 0.2) is 5.82 Å². The van der Waals surface area contributed by atoms with E-state index in [4.69, 9.17) is 4.74 Å². The third-order valence-corrected chi connectivity index (χ3v) is 3.52. The Morgan fingerprint density at radius 1 is 1.37 bits per heavy atom. The van der Waals surface area contributed by atoms with Crippen molar-refractivity contribution in [2.45, 2.75) is 38.8 Å². The number of hydrogen-bond acceptors (Lipinski definition) is 3. The number of halogens is 1. The summed E-state index contributed by atoms with van der Waals surface area (Å²) in [5, 5.41) is 4.98. The van der Waals surface area contributed by atoms with E-state index in [0.717, 1.165) is 41.0 Å². The van der Waals surface area contributed by atoms with Crippen LogP contribution < -0.4 is 4.74 Å². The number of aryl methyl sites for hydroxylation is 2. The van der Waals surface area contributed by atoms with Crippen molar-refractivity contribution in [3.63, 3.8) is 0 Å². The highest BCUT2D eigenvalue weighted by molar-refractivity contribution is 9.08. The Bertz CT molecular complexity index is 539. The topological polar surface area (TPSA) is 39.9 Å². The lowest BCUT2D eigenvalue weighted by Crippen LogP contribution is -2.09. The van der Waals surface area contributed by atoms with E-state index in [9.17, 15) is 0 Å². The van der Waals surface area contributed by atoms with Crippen molar-refractivity contribution in [1.82, 2.24) is 14.8 Å². The first-order chi connectivity index (χ1) is 9.26. The first kappa shape index (κ1) is 14.1. The summed E-state index contributed by atoms with van der Waals surface area (Å²) >= 11 is 3.49. The molecule has 0 aliphatic carbocycles. The summed E-state index contributed by atoms with van der Waals surface area (Å²) in [6.07, 6.45) is 2.62. The van der Waals surface area contributed by atoms with Crippen molar-refractivity contribution in [3.8, 4) is 5.75 Å². The molecule has 1 heterocycles. The number of aromatic nitrogens is 3. The molecule has 0 unspecified atom stereocenters. The third-order valence-electron chi connectivity index (χ3n) is 2.91. The van der Waals surface area contributed by atoms with Crippen LogP contribution in [0.25, 0.3) is 0 Å². The Kier molecular flexibility index (Phi) is 4.96. The van der Waals surface area contributed by atoms with Crippen molar-refractivity contribution < 1.29 is 4.74 Å². The number of hydrogen-bond donors (Lipinski definition) is 0. The molecule has 4 nitrogen and oxygen atoms in total. The normalized spacial score (nSPS) is 10.7. The van der Waals surface area contributed by atoms with Crippen LogP contribution in [0, 0.1) is 6.92 Å². The average Bonchev–Trinajstić information content (AvgIpc) is 2.85. The van der Waals surface area contributed by atoms with Gasteiger partial charge in [0.05, 0.1) is 0 Å². The number of alkyl halides is 1. The van der Waals surface area contributed by atoms with Crippen LogP contribution in [0.1, 0.15) is 30.3 Å². The lowest BCUT2D eigenvalue weighted by atomic mass is 10.1. The van der Waals surface area contributed by atoms with Gasteiger partial charge in [0.2, 0.25) is 0 Å². The van der Waals surface area contributed by atoms with Gasteiger partial charge < -0.3 is 4.74 Å². The van der Waals surface area contributed by atoms with Gasteiger partial charge in [-0.3, -0.25) is 0 Å². The zero-order chi connectivity index (χ0) is 13.7. The average molecular weight is 324 g/mol. The molecule has 5 heteroatoms. The van der Waals surface area contributed by atoms with Crippen LogP contribution >= 0.6 is 15.9 Å². The molecule has 0 aliphatic heterocycles. The summed E-state index contributed by atoms with van der Waals surface area (Å²) in [4.78, 5) is 4.25. The molecular weight excluding hydrogens is 306 g/mol. The van der Waals surface area contributed by atoms with Gasteiger partial charge in [-0.15, -0.1) is 0 Å². The number of para-hydroxylation sites is 1. The summed E-state index contributed by atoms with van der Waals surface area (Å²) in [6.45, 7) is 5.50. The summed E-state index contributed by atoms with van der Waals surface area (Å²) in [5.41, 5.74) is 2.29. The molecule has 0 N–H and O–H groups in total. The second kappa shape index (κ2) is 6.70. The van der Waals surface area contributed by atoms with Crippen LogP contribution in [0.5, 0.6) is 5.75 Å². The highest BCUT2D eigenvalue weighted by atomic mass is 79.9. The third kappa shape index (κ3) is 3.35. The van der Waals surface area contributed by atoms with Gasteiger partial charge in [-0.25, -0.2) is 9.67 Å². The largest absolute Gasteiger partial charge is 0.485 e. The van der Waals surface area contributed by atoms with E-state index in [1.165, 1.54) is 0 Å². The Balaban J connectivity index is 2.12. The maximum atomic E-state index is 5.94. The van der Waals surface area contributed by atoms with E-state index < -0.39 is 0 Å².